The molecule has 7 rings (SSSR count). The van der Waals surface area contributed by atoms with E-state index in [0.29, 0.717) is 44.0 Å². The maximum Gasteiger partial charge on any atom is 0.246 e. The van der Waals surface area contributed by atoms with Crippen molar-refractivity contribution >= 4 is 28.1 Å². The van der Waals surface area contributed by atoms with Gasteiger partial charge >= 0.3 is 0 Å². The van der Waals surface area contributed by atoms with Gasteiger partial charge in [-0.25, -0.2) is 4.98 Å². The lowest BCUT2D eigenvalue weighted by atomic mass is 9.95. The number of anilines is 2. The molecule has 2 aromatic carbocycles. The van der Waals surface area contributed by atoms with Crippen molar-refractivity contribution in [1.29, 1.82) is 10.5 Å². The number of likely N-dealkylation sites (tertiary alicyclic amines) is 1. The van der Waals surface area contributed by atoms with Crippen molar-refractivity contribution in [3.63, 3.8) is 0 Å². The summed E-state index contributed by atoms with van der Waals surface area (Å²) in [5.41, 5.74) is 5.69. The van der Waals surface area contributed by atoms with Crippen LogP contribution in [0.4, 0.5) is 11.4 Å². The van der Waals surface area contributed by atoms with Gasteiger partial charge in [-0.15, -0.1) is 0 Å². The Morgan fingerprint density at radius 1 is 1.04 bits per heavy atom. The van der Waals surface area contributed by atoms with Crippen LogP contribution in [0.2, 0.25) is 0 Å². The third-order valence-electron chi connectivity index (χ3n) is 10.8. The zero-order chi connectivity index (χ0) is 34.6. The number of piperazine rings is 1. The van der Waals surface area contributed by atoms with Gasteiger partial charge in [0.25, 0.3) is 0 Å². The first-order chi connectivity index (χ1) is 24.5. The van der Waals surface area contributed by atoms with E-state index in [1.165, 1.54) is 40.9 Å². The number of amides is 1. The fourth-order valence-electron chi connectivity index (χ4n) is 7.93. The second-order valence-electron chi connectivity index (χ2n) is 14.2. The first kappa shape index (κ1) is 33.8. The second-order valence-corrected chi connectivity index (χ2v) is 14.2. The number of carbonyl (C=O) groups excluding carboxylic acids is 1. The number of pyridine rings is 1. The van der Waals surface area contributed by atoms with Gasteiger partial charge in [0.1, 0.15) is 17.7 Å². The van der Waals surface area contributed by atoms with Crippen molar-refractivity contribution in [2.45, 2.75) is 64.1 Å². The number of nitrogens with zero attached hydrogens (tertiary/aromatic N) is 7. The van der Waals surface area contributed by atoms with E-state index in [0.717, 1.165) is 75.1 Å². The highest BCUT2D eigenvalue weighted by molar-refractivity contribution is 5.97. The Kier molecular flexibility index (Phi) is 10.2. The molecule has 0 bridgehead atoms. The van der Waals surface area contributed by atoms with Crippen LogP contribution < -0.4 is 14.5 Å². The Hall–Kier alpha value is -4.64. The minimum atomic E-state index is -0.310. The quantitative estimate of drug-likeness (QED) is 0.196. The van der Waals surface area contributed by atoms with E-state index in [1.807, 2.05) is 0 Å². The van der Waals surface area contributed by atoms with Crippen molar-refractivity contribution in [3.8, 4) is 18.0 Å². The highest BCUT2D eigenvalue weighted by Crippen LogP contribution is 2.40. The standard InChI is InChI=1S/C40H47N7O3/c1-3-37(48)47-21-20-46(25-31(47)12-16-41)39-33-15-19-45(36-9-5-8-30-7-4-6-28(2)38(30)36)26-35(33)43-40(34(39)24-42)50-32-13-17-44(18-14-32)22-23-49-27-29-10-11-29/h3-9,29,31-32H,1,10-15,17-23,25-27H2,2H3/t31-/m0/s1. The molecule has 10 heteroatoms. The Labute approximate surface area is 295 Å². The van der Waals surface area contributed by atoms with Gasteiger partial charge in [0.2, 0.25) is 11.8 Å². The molecule has 260 valence electrons. The Balaban J connectivity index is 1.18. The number of hydrogen-bond acceptors (Lipinski definition) is 9. The van der Waals surface area contributed by atoms with Gasteiger partial charge in [-0.2, -0.15) is 10.5 Å². The number of aryl methyl sites for hydroxylation is 1. The van der Waals surface area contributed by atoms with E-state index >= 15 is 0 Å². The molecule has 1 atom stereocenters. The highest BCUT2D eigenvalue weighted by atomic mass is 16.5. The fraction of sp³-hybridized carbons (Fsp3) is 0.500. The molecule has 0 spiro atoms. The third-order valence-corrected chi connectivity index (χ3v) is 10.8. The van der Waals surface area contributed by atoms with Gasteiger partial charge in [-0.05, 0) is 68.0 Å². The van der Waals surface area contributed by atoms with E-state index in [2.05, 4.69) is 76.7 Å². The molecule has 0 N–H and O–H groups in total. The zero-order valence-electron chi connectivity index (χ0n) is 29.1. The van der Waals surface area contributed by atoms with Gasteiger partial charge in [-0.3, -0.25) is 4.79 Å². The largest absolute Gasteiger partial charge is 0.473 e. The Bertz CT molecular complexity index is 1810. The van der Waals surface area contributed by atoms with E-state index in [4.69, 9.17) is 14.5 Å². The summed E-state index contributed by atoms with van der Waals surface area (Å²) in [5, 5.41) is 22.9. The summed E-state index contributed by atoms with van der Waals surface area (Å²) < 4.78 is 12.6. The second kappa shape index (κ2) is 15.1. The van der Waals surface area contributed by atoms with Crippen LogP contribution in [0.1, 0.15) is 54.5 Å². The molecule has 4 heterocycles. The third kappa shape index (κ3) is 7.14. The van der Waals surface area contributed by atoms with Gasteiger partial charge < -0.3 is 29.1 Å². The van der Waals surface area contributed by atoms with Crippen LogP contribution in [-0.2, 0) is 22.5 Å². The minimum Gasteiger partial charge on any atom is -0.473 e. The van der Waals surface area contributed by atoms with Crippen molar-refractivity contribution in [2.75, 3.05) is 68.8 Å². The molecule has 1 amide bonds. The molecular weight excluding hydrogens is 626 g/mol. The van der Waals surface area contributed by atoms with Gasteiger partial charge in [-0.1, -0.05) is 36.9 Å². The lowest BCUT2D eigenvalue weighted by Gasteiger charge is -2.43. The first-order valence-electron chi connectivity index (χ1n) is 18.2. The van der Waals surface area contributed by atoms with Crippen LogP contribution in [-0.4, -0.2) is 91.9 Å². The molecule has 3 aliphatic heterocycles. The van der Waals surface area contributed by atoms with Crippen LogP contribution in [0.15, 0.2) is 49.1 Å². The predicted octanol–water partition coefficient (Wildman–Crippen LogP) is 5.36. The number of carbonyl (C=O) groups is 1. The smallest absolute Gasteiger partial charge is 0.246 e. The number of benzene rings is 2. The summed E-state index contributed by atoms with van der Waals surface area (Å²) in [6, 6.07) is 17.3. The first-order valence-corrected chi connectivity index (χ1v) is 18.2. The van der Waals surface area contributed by atoms with Gasteiger partial charge in [0, 0.05) is 69.1 Å². The van der Waals surface area contributed by atoms with Crippen LogP contribution in [0, 0.1) is 35.5 Å². The summed E-state index contributed by atoms with van der Waals surface area (Å²) in [6.07, 6.45) is 6.51. The maximum absolute atomic E-state index is 12.7. The number of fused-ring (bicyclic) bond motifs is 2. The Morgan fingerprint density at radius 2 is 1.84 bits per heavy atom. The number of hydrogen-bond donors (Lipinski definition) is 0. The lowest BCUT2D eigenvalue weighted by molar-refractivity contribution is -0.128. The van der Waals surface area contributed by atoms with E-state index in [1.54, 1.807) is 4.90 Å². The van der Waals surface area contributed by atoms with Crippen molar-refractivity contribution in [2.24, 2.45) is 5.92 Å². The number of piperidine rings is 1. The molecule has 1 saturated carbocycles. The maximum atomic E-state index is 12.7. The van der Waals surface area contributed by atoms with Crippen molar-refractivity contribution in [3.05, 3.63) is 71.4 Å². The average molecular weight is 674 g/mol. The van der Waals surface area contributed by atoms with Crippen LogP contribution in [0.3, 0.4) is 0 Å². The molecule has 2 saturated heterocycles. The lowest BCUT2D eigenvalue weighted by Crippen LogP contribution is -2.55. The van der Waals surface area contributed by atoms with E-state index in [9.17, 15) is 15.3 Å². The average Bonchev–Trinajstić information content (AvgIpc) is 3.97. The molecule has 1 aliphatic carbocycles. The predicted molar refractivity (Wildman–Crippen MR) is 194 cm³/mol. The fourth-order valence-corrected chi connectivity index (χ4v) is 7.93. The van der Waals surface area contributed by atoms with E-state index in [-0.39, 0.29) is 24.5 Å². The van der Waals surface area contributed by atoms with Crippen molar-refractivity contribution in [1.82, 2.24) is 14.8 Å². The SMILES string of the molecule is C=CC(=O)N1CCN(c2c(C#N)c(OC3CCN(CCOCC4CC4)CC3)nc3c2CCN(c2cccc4cccc(C)c24)C3)C[C@@H]1CC#N. The molecule has 4 aliphatic rings. The van der Waals surface area contributed by atoms with Gasteiger partial charge in [0.15, 0.2) is 0 Å². The summed E-state index contributed by atoms with van der Waals surface area (Å²) in [4.78, 5) is 26.6. The summed E-state index contributed by atoms with van der Waals surface area (Å²) in [5.74, 6) is 0.995. The van der Waals surface area contributed by atoms with E-state index < -0.39 is 0 Å². The van der Waals surface area contributed by atoms with Gasteiger partial charge in [0.05, 0.1) is 43.1 Å². The molecule has 10 nitrogen and oxygen atoms in total. The molecule has 1 aromatic heterocycles. The minimum absolute atomic E-state index is 0.0436. The summed E-state index contributed by atoms with van der Waals surface area (Å²) >= 11 is 0. The van der Waals surface area contributed by atoms with Crippen LogP contribution >= 0.6 is 0 Å². The number of aromatic nitrogens is 1. The molecule has 3 aromatic rings. The van der Waals surface area contributed by atoms with Crippen molar-refractivity contribution < 1.29 is 14.3 Å². The molecule has 0 unspecified atom stereocenters. The summed E-state index contributed by atoms with van der Waals surface area (Å²) in [6.45, 7) is 13.1. The number of ether oxygens (including phenoxy) is 2. The Morgan fingerprint density at radius 3 is 2.58 bits per heavy atom. The molecule has 3 fully saturated rings. The van der Waals surface area contributed by atoms with Crippen LogP contribution in [0.5, 0.6) is 5.88 Å². The highest BCUT2D eigenvalue weighted by Gasteiger charge is 2.36. The number of nitriles is 2. The zero-order valence-corrected chi connectivity index (χ0v) is 29.1. The topological polar surface area (TPSA) is 109 Å². The summed E-state index contributed by atoms with van der Waals surface area (Å²) in [7, 11) is 0. The normalized spacial score (nSPS) is 19.9. The monoisotopic (exact) mass is 673 g/mol. The van der Waals surface area contributed by atoms with Crippen LogP contribution in [0.25, 0.3) is 10.8 Å². The molecular formula is C40H47N7O3. The number of rotatable bonds is 11. The molecule has 0 radical (unpaired) electrons. The molecule has 50 heavy (non-hydrogen) atoms.